The van der Waals surface area contributed by atoms with Crippen LogP contribution in [0.4, 0.5) is 0 Å². The zero-order chi connectivity index (χ0) is 19.1. The average molecular weight is 366 g/mol. The summed E-state index contributed by atoms with van der Waals surface area (Å²) in [7, 11) is 1.59. The Bertz CT molecular complexity index is 798. The Kier molecular flexibility index (Phi) is 6.14. The number of nitrogens with one attached hydrogen (secondary N) is 1. The molecule has 7 heteroatoms. The fourth-order valence-electron chi connectivity index (χ4n) is 2.97. The minimum absolute atomic E-state index is 0.0234. The van der Waals surface area contributed by atoms with Gasteiger partial charge in [-0.2, -0.15) is 5.10 Å². The summed E-state index contributed by atoms with van der Waals surface area (Å²) in [6, 6.07) is 12.5. The van der Waals surface area contributed by atoms with Crippen LogP contribution in [0.2, 0.25) is 0 Å². The third kappa shape index (κ3) is 4.91. The van der Waals surface area contributed by atoms with E-state index in [0.717, 1.165) is 0 Å². The van der Waals surface area contributed by atoms with Crippen LogP contribution in [0.15, 0.2) is 53.8 Å². The molecule has 0 aliphatic carbocycles. The molecule has 140 valence electrons. The van der Waals surface area contributed by atoms with E-state index in [9.17, 15) is 9.59 Å². The van der Waals surface area contributed by atoms with Crippen molar-refractivity contribution in [3.63, 3.8) is 0 Å². The minimum atomic E-state index is -0.147. The van der Waals surface area contributed by atoms with Crippen molar-refractivity contribution in [2.45, 2.75) is 12.8 Å². The molecule has 1 saturated heterocycles. The van der Waals surface area contributed by atoms with Crippen LogP contribution >= 0.6 is 0 Å². The highest BCUT2D eigenvalue weighted by atomic mass is 16.5. The maximum absolute atomic E-state index is 12.6. The second-order valence-corrected chi connectivity index (χ2v) is 6.28. The fraction of sp³-hybridized carbons (Fsp3) is 0.300. The molecule has 2 amide bonds. The number of benzene rings is 1. The van der Waals surface area contributed by atoms with Crippen molar-refractivity contribution in [2.24, 2.45) is 11.0 Å². The monoisotopic (exact) mass is 366 g/mol. The van der Waals surface area contributed by atoms with Gasteiger partial charge in [-0.25, -0.2) is 5.43 Å². The quantitative estimate of drug-likeness (QED) is 0.649. The first-order valence-corrected chi connectivity index (χ1v) is 8.84. The van der Waals surface area contributed by atoms with E-state index in [-0.39, 0.29) is 17.7 Å². The van der Waals surface area contributed by atoms with Crippen LogP contribution < -0.4 is 10.2 Å². The van der Waals surface area contributed by atoms with Crippen molar-refractivity contribution in [3.8, 4) is 5.75 Å². The Morgan fingerprint density at radius 3 is 2.56 bits per heavy atom. The lowest BCUT2D eigenvalue weighted by Crippen LogP contribution is -2.42. The Morgan fingerprint density at radius 2 is 1.93 bits per heavy atom. The SMILES string of the molecule is COc1ccc(C(=O)N2CCC(C(=O)N/N=C\c3ccccn3)CC2)cc1. The van der Waals surface area contributed by atoms with Crippen LogP contribution in [0.25, 0.3) is 0 Å². The molecule has 2 heterocycles. The van der Waals surface area contributed by atoms with Crippen molar-refractivity contribution in [1.82, 2.24) is 15.3 Å². The Balaban J connectivity index is 1.48. The van der Waals surface area contributed by atoms with Gasteiger partial charge in [-0.15, -0.1) is 0 Å². The summed E-state index contributed by atoms with van der Waals surface area (Å²) in [5.74, 6) is 0.419. The normalized spacial score (nSPS) is 14.9. The molecule has 1 aromatic heterocycles. The first kappa shape index (κ1) is 18.6. The molecule has 0 spiro atoms. The second-order valence-electron chi connectivity index (χ2n) is 6.28. The molecule has 1 fully saturated rings. The van der Waals surface area contributed by atoms with Crippen molar-refractivity contribution >= 4 is 18.0 Å². The van der Waals surface area contributed by atoms with E-state index in [0.29, 0.717) is 42.9 Å². The lowest BCUT2D eigenvalue weighted by atomic mass is 9.95. The molecule has 0 saturated carbocycles. The van der Waals surface area contributed by atoms with Gasteiger partial charge in [0.25, 0.3) is 5.91 Å². The molecule has 0 bridgehead atoms. The summed E-state index contributed by atoms with van der Waals surface area (Å²) in [4.78, 5) is 30.7. The highest BCUT2D eigenvalue weighted by Crippen LogP contribution is 2.20. The number of hydrazone groups is 1. The summed E-state index contributed by atoms with van der Waals surface area (Å²) in [6.45, 7) is 1.10. The summed E-state index contributed by atoms with van der Waals surface area (Å²) in [5.41, 5.74) is 3.86. The summed E-state index contributed by atoms with van der Waals surface area (Å²) < 4.78 is 5.11. The van der Waals surface area contributed by atoms with Crippen molar-refractivity contribution in [1.29, 1.82) is 0 Å². The first-order valence-electron chi connectivity index (χ1n) is 8.84. The number of pyridine rings is 1. The predicted molar refractivity (Wildman–Crippen MR) is 102 cm³/mol. The van der Waals surface area contributed by atoms with Gasteiger partial charge in [-0.3, -0.25) is 14.6 Å². The minimum Gasteiger partial charge on any atom is -0.497 e. The molecule has 2 aromatic rings. The van der Waals surface area contributed by atoms with Crippen LogP contribution in [0.5, 0.6) is 5.75 Å². The molecule has 1 aliphatic heterocycles. The first-order chi connectivity index (χ1) is 13.2. The lowest BCUT2D eigenvalue weighted by Gasteiger charge is -2.31. The van der Waals surface area contributed by atoms with Crippen molar-refractivity contribution in [2.75, 3.05) is 20.2 Å². The summed E-state index contributed by atoms with van der Waals surface area (Å²) in [6.07, 6.45) is 4.42. The molecular weight excluding hydrogens is 344 g/mol. The molecule has 0 unspecified atom stereocenters. The largest absolute Gasteiger partial charge is 0.497 e. The van der Waals surface area contributed by atoms with Gasteiger partial charge in [-0.1, -0.05) is 6.07 Å². The lowest BCUT2D eigenvalue weighted by molar-refractivity contribution is -0.126. The molecule has 3 rings (SSSR count). The van der Waals surface area contributed by atoms with Gasteiger partial charge >= 0.3 is 0 Å². The Morgan fingerprint density at radius 1 is 1.19 bits per heavy atom. The third-order valence-electron chi connectivity index (χ3n) is 4.55. The number of nitrogens with zero attached hydrogens (tertiary/aromatic N) is 3. The highest BCUT2D eigenvalue weighted by molar-refractivity contribution is 5.94. The number of carbonyl (C=O) groups is 2. The average Bonchev–Trinajstić information content (AvgIpc) is 2.74. The van der Waals surface area contributed by atoms with Crippen LogP contribution in [-0.2, 0) is 4.79 Å². The summed E-state index contributed by atoms with van der Waals surface area (Å²) in [5, 5.41) is 3.96. The molecule has 1 aromatic carbocycles. The number of aromatic nitrogens is 1. The van der Waals surface area contributed by atoms with Gasteiger partial charge in [0.05, 0.1) is 19.0 Å². The second kappa shape index (κ2) is 8.93. The smallest absolute Gasteiger partial charge is 0.253 e. The van der Waals surface area contributed by atoms with Gasteiger partial charge in [0.1, 0.15) is 5.75 Å². The fourth-order valence-corrected chi connectivity index (χ4v) is 2.97. The van der Waals surface area contributed by atoms with Crippen LogP contribution in [0.1, 0.15) is 28.9 Å². The maximum Gasteiger partial charge on any atom is 0.253 e. The van der Waals surface area contributed by atoms with Crippen LogP contribution in [0, 0.1) is 5.92 Å². The molecule has 7 nitrogen and oxygen atoms in total. The maximum atomic E-state index is 12.6. The van der Waals surface area contributed by atoms with Crippen LogP contribution in [-0.4, -0.2) is 48.1 Å². The number of amides is 2. The van der Waals surface area contributed by atoms with Gasteiger partial charge < -0.3 is 9.64 Å². The third-order valence-corrected chi connectivity index (χ3v) is 4.55. The van der Waals surface area contributed by atoms with E-state index in [1.807, 2.05) is 12.1 Å². The van der Waals surface area contributed by atoms with Gasteiger partial charge in [-0.05, 0) is 49.2 Å². The standard InChI is InChI=1S/C20H22N4O3/c1-27-18-7-5-16(6-8-18)20(26)24-12-9-15(10-13-24)19(25)23-22-14-17-4-2-3-11-21-17/h2-8,11,14-15H,9-10,12-13H2,1H3,(H,23,25)/b22-14-. The van der Waals surface area contributed by atoms with Crippen LogP contribution in [0.3, 0.4) is 0 Å². The number of rotatable bonds is 5. The van der Waals surface area contributed by atoms with Crippen molar-refractivity contribution in [3.05, 3.63) is 59.9 Å². The predicted octanol–water partition coefficient (Wildman–Crippen LogP) is 2.09. The number of hydrogen-bond donors (Lipinski definition) is 1. The molecule has 1 aliphatic rings. The summed E-state index contributed by atoms with van der Waals surface area (Å²) >= 11 is 0. The number of carbonyl (C=O) groups excluding carboxylic acids is 2. The van der Waals surface area contributed by atoms with E-state index in [2.05, 4.69) is 15.5 Å². The number of likely N-dealkylation sites (tertiary alicyclic amines) is 1. The van der Waals surface area contributed by atoms with E-state index >= 15 is 0 Å². The Hall–Kier alpha value is -3.22. The van der Waals surface area contributed by atoms with E-state index in [4.69, 9.17) is 4.74 Å². The zero-order valence-corrected chi connectivity index (χ0v) is 15.2. The number of piperidine rings is 1. The van der Waals surface area contributed by atoms with Gasteiger partial charge in [0, 0.05) is 30.8 Å². The topological polar surface area (TPSA) is 83.9 Å². The van der Waals surface area contributed by atoms with Gasteiger partial charge in [0.15, 0.2) is 0 Å². The molecule has 0 radical (unpaired) electrons. The highest BCUT2D eigenvalue weighted by Gasteiger charge is 2.27. The van der Waals surface area contributed by atoms with E-state index < -0.39 is 0 Å². The molecule has 1 N–H and O–H groups in total. The molecule has 27 heavy (non-hydrogen) atoms. The van der Waals surface area contributed by atoms with Gasteiger partial charge in [0.2, 0.25) is 5.91 Å². The Labute approximate surface area is 158 Å². The number of hydrogen-bond acceptors (Lipinski definition) is 5. The number of methoxy groups -OCH3 is 1. The zero-order valence-electron chi connectivity index (χ0n) is 15.2. The van der Waals surface area contributed by atoms with E-state index in [1.54, 1.807) is 48.5 Å². The number of ether oxygens (including phenoxy) is 1. The molecule has 0 atom stereocenters. The molecular formula is C20H22N4O3. The van der Waals surface area contributed by atoms with Crippen molar-refractivity contribution < 1.29 is 14.3 Å². The van der Waals surface area contributed by atoms with E-state index in [1.165, 1.54) is 6.21 Å².